The highest BCUT2D eigenvalue weighted by Gasteiger charge is 2.06. The van der Waals surface area contributed by atoms with Crippen molar-refractivity contribution in [2.45, 2.75) is 6.61 Å². The number of benzene rings is 2. The van der Waals surface area contributed by atoms with E-state index in [0.717, 1.165) is 5.56 Å². The molecule has 0 unspecified atom stereocenters. The Balaban J connectivity index is 1.61. The highest BCUT2D eigenvalue weighted by atomic mass is 32.1. The van der Waals surface area contributed by atoms with Gasteiger partial charge in [0.05, 0.1) is 13.2 Å². The van der Waals surface area contributed by atoms with Crippen LogP contribution in [0.1, 0.15) is 15.9 Å². The first-order chi connectivity index (χ1) is 10.8. The zero-order valence-corrected chi connectivity index (χ0v) is 12.9. The maximum absolute atomic E-state index is 11.9. The summed E-state index contributed by atoms with van der Waals surface area (Å²) in [6, 6.07) is 18.9. The Morgan fingerprint density at radius 2 is 1.64 bits per heavy atom. The molecule has 0 aliphatic carbocycles. The first kappa shape index (κ1) is 16.1. The summed E-state index contributed by atoms with van der Waals surface area (Å²) < 4.78 is 5.52. The van der Waals surface area contributed by atoms with E-state index in [-0.39, 0.29) is 5.91 Å². The number of hydrogen-bond acceptors (Lipinski definition) is 3. The van der Waals surface area contributed by atoms with Crippen LogP contribution in [0.5, 0.6) is 0 Å². The first-order valence-electron chi connectivity index (χ1n) is 7.01. The number of thiocarbonyl (C=S) groups is 1. The van der Waals surface area contributed by atoms with Crippen LogP contribution in [-0.2, 0) is 11.3 Å². The van der Waals surface area contributed by atoms with Crippen LogP contribution in [0.2, 0.25) is 0 Å². The maximum atomic E-state index is 11.9. The van der Waals surface area contributed by atoms with Crippen LogP contribution in [0.3, 0.4) is 0 Å². The number of ether oxygens (including phenoxy) is 1. The van der Waals surface area contributed by atoms with E-state index in [0.29, 0.717) is 30.4 Å². The van der Waals surface area contributed by atoms with E-state index in [1.54, 1.807) is 12.1 Å². The molecule has 0 aromatic heterocycles. The van der Waals surface area contributed by atoms with Gasteiger partial charge >= 0.3 is 0 Å². The van der Waals surface area contributed by atoms with Crippen LogP contribution in [-0.4, -0.2) is 24.2 Å². The molecule has 114 valence electrons. The van der Waals surface area contributed by atoms with Crippen molar-refractivity contribution in [3.8, 4) is 0 Å². The zero-order valence-electron chi connectivity index (χ0n) is 12.1. The molecule has 5 heteroatoms. The fourth-order valence-corrected chi connectivity index (χ4v) is 2.00. The van der Waals surface area contributed by atoms with Crippen molar-refractivity contribution in [2.75, 3.05) is 13.2 Å². The predicted molar refractivity (Wildman–Crippen MR) is 90.6 cm³/mol. The van der Waals surface area contributed by atoms with Crippen molar-refractivity contribution in [1.82, 2.24) is 10.6 Å². The van der Waals surface area contributed by atoms with E-state index in [4.69, 9.17) is 17.0 Å². The average Bonchev–Trinajstić information content (AvgIpc) is 2.56. The topological polar surface area (TPSA) is 50.4 Å². The molecule has 2 aromatic carbocycles. The van der Waals surface area contributed by atoms with Gasteiger partial charge in [-0.25, -0.2) is 0 Å². The molecule has 22 heavy (non-hydrogen) atoms. The van der Waals surface area contributed by atoms with E-state index in [9.17, 15) is 4.79 Å². The Kier molecular flexibility index (Phi) is 6.54. The number of amides is 1. The number of carbonyl (C=O) groups excluding carboxylic acids is 1. The van der Waals surface area contributed by atoms with Crippen molar-refractivity contribution >= 4 is 23.2 Å². The van der Waals surface area contributed by atoms with Crippen molar-refractivity contribution in [3.05, 3.63) is 71.8 Å². The Bertz CT molecular complexity index is 603. The summed E-state index contributed by atoms with van der Waals surface area (Å²) >= 11 is 5.07. The molecule has 0 radical (unpaired) electrons. The van der Waals surface area contributed by atoms with Gasteiger partial charge in [-0.05, 0) is 29.9 Å². The van der Waals surface area contributed by atoms with Crippen molar-refractivity contribution in [1.29, 1.82) is 0 Å². The SMILES string of the molecule is O=C(NC(=S)NCCOCc1ccccc1)c1ccccc1. The number of carbonyl (C=O) groups is 1. The van der Waals surface area contributed by atoms with Gasteiger partial charge in [0, 0.05) is 12.1 Å². The van der Waals surface area contributed by atoms with Gasteiger partial charge in [-0.1, -0.05) is 48.5 Å². The molecule has 0 bridgehead atoms. The minimum Gasteiger partial charge on any atom is -0.375 e. The minimum atomic E-state index is -0.219. The van der Waals surface area contributed by atoms with Crippen LogP contribution >= 0.6 is 12.2 Å². The summed E-state index contributed by atoms with van der Waals surface area (Å²) in [6.07, 6.45) is 0. The summed E-state index contributed by atoms with van der Waals surface area (Å²) in [4.78, 5) is 11.9. The van der Waals surface area contributed by atoms with Gasteiger partial charge in [0.25, 0.3) is 5.91 Å². The second-order valence-electron chi connectivity index (χ2n) is 4.61. The van der Waals surface area contributed by atoms with Crippen LogP contribution in [0.4, 0.5) is 0 Å². The highest BCUT2D eigenvalue weighted by molar-refractivity contribution is 7.80. The van der Waals surface area contributed by atoms with Gasteiger partial charge < -0.3 is 10.1 Å². The number of nitrogens with one attached hydrogen (secondary N) is 2. The van der Waals surface area contributed by atoms with Crippen molar-refractivity contribution in [2.24, 2.45) is 0 Å². The van der Waals surface area contributed by atoms with Gasteiger partial charge in [0.1, 0.15) is 0 Å². The van der Waals surface area contributed by atoms with E-state index in [1.165, 1.54) is 0 Å². The zero-order chi connectivity index (χ0) is 15.6. The monoisotopic (exact) mass is 314 g/mol. The Morgan fingerprint density at radius 1 is 1.00 bits per heavy atom. The minimum absolute atomic E-state index is 0.219. The third-order valence-electron chi connectivity index (χ3n) is 2.91. The molecule has 2 rings (SSSR count). The molecule has 2 N–H and O–H groups in total. The lowest BCUT2D eigenvalue weighted by atomic mass is 10.2. The van der Waals surface area contributed by atoms with Gasteiger partial charge in [-0.15, -0.1) is 0 Å². The third kappa shape index (κ3) is 5.63. The summed E-state index contributed by atoms with van der Waals surface area (Å²) in [5.74, 6) is -0.219. The summed E-state index contributed by atoms with van der Waals surface area (Å²) in [6.45, 7) is 1.61. The molecule has 4 nitrogen and oxygen atoms in total. The normalized spacial score (nSPS) is 10.0. The van der Waals surface area contributed by atoms with Crippen molar-refractivity contribution < 1.29 is 9.53 Å². The van der Waals surface area contributed by atoms with E-state index >= 15 is 0 Å². The van der Waals surface area contributed by atoms with Gasteiger partial charge in [0.2, 0.25) is 0 Å². The number of rotatable bonds is 6. The molecule has 0 atom stereocenters. The largest absolute Gasteiger partial charge is 0.375 e. The lowest BCUT2D eigenvalue weighted by molar-refractivity contribution is 0.0975. The quantitative estimate of drug-likeness (QED) is 0.635. The molecule has 0 aliphatic rings. The van der Waals surface area contributed by atoms with E-state index < -0.39 is 0 Å². The summed E-state index contributed by atoms with van der Waals surface area (Å²) in [5.41, 5.74) is 1.70. The lowest BCUT2D eigenvalue weighted by Crippen LogP contribution is -2.40. The maximum Gasteiger partial charge on any atom is 0.257 e. The smallest absolute Gasteiger partial charge is 0.257 e. The molecular formula is C17H18N2O2S. The Hall–Kier alpha value is -2.24. The molecule has 2 aromatic rings. The molecule has 0 fully saturated rings. The molecule has 0 aliphatic heterocycles. The fraction of sp³-hybridized carbons (Fsp3) is 0.176. The fourth-order valence-electron chi connectivity index (χ4n) is 1.81. The van der Waals surface area contributed by atoms with Crippen LogP contribution < -0.4 is 10.6 Å². The van der Waals surface area contributed by atoms with E-state index in [1.807, 2.05) is 48.5 Å². The molecule has 0 spiro atoms. The van der Waals surface area contributed by atoms with Crippen LogP contribution in [0, 0.1) is 0 Å². The average molecular weight is 314 g/mol. The van der Waals surface area contributed by atoms with Gasteiger partial charge in [0.15, 0.2) is 5.11 Å². The molecule has 0 saturated carbocycles. The summed E-state index contributed by atoms with van der Waals surface area (Å²) in [5, 5.41) is 5.88. The molecular weight excluding hydrogens is 296 g/mol. The predicted octanol–water partition coefficient (Wildman–Crippen LogP) is 2.51. The van der Waals surface area contributed by atoms with Gasteiger partial charge in [-0.3, -0.25) is 10.1 Å². The second-order valence-corrected chi connectivity index (χ2v) is 5.02. The molecule has 0 saturated heterocycles. The highest BCUT2D eigenvalue weighted by Crippen LogP contribution is 2.00. The van der Waals surface area contributed by atoms with Crippen molar-refractivity contribution in [3.63, 3.8) is 0 Å². The molecule has 0 heterocycles. The van der Waals surface area contributed by atoms with Crippen LogP contribution in [0.15, 0.2) is 60.7 Å². The molecule has 1 amide bonds. The third-order valence-corrected chi connectivity index (χ3v) is 3.15. The van der Waals surface area contributed by atoms with E-state index in [2.05, 4.69) is 10.6 Å². The lowest BCUT2D eigenvalue weighted by Gasteiger charge is -2.10. The first-order valence-corrected chi connectivity index (χ1v) is 7.42. The second kappa shape index (κ2) is 8.92. The standard InChI is InChI=1S/C17H18N2O2S/c20-16(15-9-5-2-6-10-15)19-17(22)18-11-12-21-13-14-7-3-1-4-8-14/h1-10H,11-13H2,(H2,18,19,20,22). The van der Waals surface area contributed by atoms with Crippen LogP contribution in [0.25, 0.3) is 0 Å². The number of hydrogen-bond donors (Lipinski definition) is 2. The van der Waals surface area contributed by atoms with Gasteiger partial charge in [-0.2, -0.15) is 0 Å². The Labute approximate surface area is 135 Å². The summed E-state index contributed by atoms with van der Waals surface area (Å²) in [7, 11) is 0. The Morgan fingerprint density at radius 3 is 2.32 bits per heavy atom.